The summed E-state index contributed by atoms with van der Waals surface area (Å²) in [5.74, 6) is -3.03. The van der Waals surface area contributed by atoms with Gasteiger partial charge in [0.25, 0.3) is 5.91 Å². The Hall–Kier alpha value is -2.41. The van der Waals surface area contributed by atoms with Crippen LogP contribution in [0.5, 0.6) is 0 Å². The summed E-state index contributed by atoms with van der Waals surface area (Å²) in [5.41, 5.74) is 0.484. The van der Waals surface area contributed by atoms with E-state index in [9.17, 15) is 14.4 Å². The number of carboxylic acids is 1. The zero-order valence-corrected chi connectivity index (χ0v) is 14.7. The Balaban J connectivity index is 1.60. The molecule has 26 heavy (non-hydrogen) atoms. The molecule has 1 heterocycles. The van der Waals surface area contributed by atoms with Gasteiger partial charge < -0.3 is 15.7 Å². The second kappa shape index (κ2) is 8.31. The third-order valence-corrected chi connectivity index (χ3v) is 5.26. The average Bonchev–Trinajstić information content (AvgIpc) is 3.11. The molecular formula is C19H25N3O4. The van der Waals surface area contributed by atoms with E-state index in [1.54, 1.807) is 18.2 Å². The van der Waals surface area contributed by atoms with Gasteiger partial charge in [0.1, 0.15) is 0 Å². The fourth-order valence-corrected chi connectivity index (χ4v) is 3.91. The van der Waals surface area contributed by atoms with Crippen molar-refractivity contribution >= 4 is 23.5 Å². The van der Waals surface area contributed by atoms with Gasteiger partial charge >= 0.3 is 11.9 Å². The lowest BCUT2D eigenvalue weighted by atomic mass is 9.94. The summed E-state index contributed by atoms with van der Waals surface area (Å²) in [6.07, 6.45) is 7.29. The van der Waals surface area contributed by atoms with Gasteiger partial charge in [0.15, 0.2) is 0 Å². The molecule has 2 aliphatic rings. The highest BCUT2D eigenvalue weighted by molar-refractivity contribution is 6.36. The summed E-state index contributed by atoms with van der Waals surface area (Å²) in [4.78, 5) is 37.2. The lowest BCUT2D eigenvalue weighted by molar-refractivity contribution is -0.147. The number of aliphatic carboxylic acids is 1. The lowest BCUT2D eigenvalue weighted by Crippen LogP contribution is -2.40. The first-order chi connectivity index (χ1) is 12.5. The number of carbonyl (C=O) groups excluding carboxylic acids is 2. The van der Waals surface area contributed by atoms with Gasteiger partial charge in [0.2, 0.25) is 0 Å². The second-order valence-corrected chi connectivity index (χ2v) is 7.05. The van der Waals surface area contributed by atoms with E-state index in [0.717, 1.165) is 19.5 Å². The number of para-hydroxylation sites is 1. The van der Waals surface area contributed by atoms with E-state index in [1.165, 1.54) is 38.2 Å². The fourth-order valence-electron chi connectivity index (χ4n) is 3.91. The summed E-state index contributed by atoms with van der Waals surface area (Å²) in [7, 11) is 0. The van der Waals surface area contributed by atoms with Gasteiger partial charge in [-0.1, -0.05) is 31.4 Å². The Kier molecular flexibility index (Phi) is 5.88. The summed E-state index contributed by atoms with van der Waals surface area (Å²) >= 11 is 0. The van der Waals surface area contributed by atoms with Crippen LogP contribution in [0.2, 0.25) is 0 Å². The molecule has 2 amide bonds. The zero-order chi connectivity index (χ0) is 18.5. The van der Waals surface area contributed by atoms with Crippen molar-refractivity contribution in [3.63, 3.8) is 0 Å². The Bertz CT molecular complexity index is 685. The maximum absolute atomic E-state index is 12.6. The topological polar surface area (TPSA) is 98.7 Å². The van der Waals surface area contributed by atoms with E-state index >= 15 is 0 Å². The van der Waals surface area contributed by atoms with Crippen LogP contribution < -0.4 is 10.6 Å². The number of anilines is 1. The van der Waals surface area contributed by atoms with Crippen LogP contribution in [0, 0.1) is 0 Å². The number of amides is 2. The highest BCUT2D eigenvalue weighted by atomic mass is 16.4. The van der Waals surface area contributed by atoms with Crippen LogP contribution in [0.1, 0.15) is 48.9 Å². The van der Waals surface area contributed by atoms with Gasteiger partial charge in [-0.25, -0.2) is 4.79 Å². The van der Waals surface area contributed by atoms with Crippen LogP contribution in [0.4, 0.5) is 5.69 Å². The van der Waals surface area contributed by atoms with E-state index < -0.39 is 11.9 Å². The number of carboxylic acid groups (broad SMARTS) is 1. The van der Waals surface area contributed by atoms with Crippen LogP contribution in [0.3, 0.4) is 0 Å². The van der Waals surface area contributed by atoms with Crippen LogP contribution in [0.25, 0.3) is 0 Å². The van der Waals surface area contributed by atoms with Crippen molar-refractivity contribution in [2.45, 2.75) is 50.6 Å². The molecule has 7 heteroatoms. The molecule has 1 aromatic rings. The molecule has 2 fully saturated rings. The molecule has 7 nitrogen and oxygen atoms in total. The summed E-state index contributed by atoms with van der Waals surface area (Å²) < 4.78 is 0. The molecule has 1 aromatic carbocycles. The van der Waals surface area contributed by atoms with Gasteiger partial charge in [-0.3, -0.25) is 14.5 Å². The molecule has 0 radical (unpaired) electrons. The van der Waals surface area contributed by atoms with Crippen LogP contribution >= 0.6 is 0 Å². The van der Waals surface area contributed by atoms with Gasteiger partial charge in [-0.2, -0.15) is 0 Å². The number of carbonyl (C=O) groups is 3. The van der Waals surface area contributed by atoms with Crippen LogP contribution in [-0.4, -0.2) is 53.0 Å². The van der Waals surface area contributed by atoms with Crippen LogP contribution in [0.15, 0.2) is 24.3 Å². The molecule has 1 saturated carbocycles. The van der Waals surface area contributed by atoms with E-state index in [-0.39, 0.29) is 23.2 Å². The van der Waals surface area contributed by atoms with Crippen LogP contribution in [-0.2, 0) is 9.59 Å². The van der Waals surface area contributed by atoms with Gasteiger partial charge in [-0.05, 0) is 31.4 Å². The molecule has 0 aromatic heterocycles. The van der Waals surface area contributed by atoms with Crippen molar-refractivity contribution in [2.24, 2.45) is 0 Å². The van der Waals surface area contributed by atoms with Crippen molar-refractivity contribution in [2.75, 3.05) is 18.4 Å². The quantitative estimate of drug-likeness (QED) is 0.713. The predicted octanol–water partition coefficient (Wildman–Crippen LogP) is 1.85. The highest BCUT2D eigenvalue weighted by Gasteiger charge is 2.30. The zero-order valence-electron chi connectivity index (χ0n) is 14.7. The number of benzene rings is 1. The molecular weight excluding hydrogens is 334 g/mol. The third kappa shape index (κ3) is 4.40. The molecule has 3 rings (SSSR count). The SMILES string of the molecule is O=C(O)C(=O)Nc1ccccc1C(=O)NC1CCN(C2CCCCC2)C1. The van der Waals surface area contributed by atoms with E-state index in [4.69, 9.17) is 5.11 Å². The monoisotopic (exact) mass is 359 g/mol. The molecule has 0 spiro atoms. The first-order valence-electron chi connectivity index (χ1n) is 9.23. The Morgan fingerprint density at radius 2 is 1.77 bits per heavy atom. The average molecular weight is 359 g/mol. The first kappa shape index (κ1) is 18.4. The normalized spacial score (nSPS) is 21.3. The Morgan fingerprint density at radius 1 is 1.04 bits per heavy atom. The summed E-state index contributed by atoms with van der Waals surface area (Å²) in [6, 6.07) is 7.16. The van der Waals surface area contributed by atoms with Crippen molar-refractivity contribution in [1.82, 2.24) is 10.2 Å². The van der Waals surface area contributed by atoms with Crippen molar-refractivity contribution in [3.8, 4) is 0 Å². The van der Waals surface area contributed by atoms with Crippen molar-refractivity contribution < 1.29 is 19.5 Å². The molecule has 1 unspecified atom stereocenters. The maximum Gasteiger partial charge on any atom is 0.394 e. The number of rotatable bonds is 4. The Morgan fingerprint density at radius 3 is 2.50 bits per heavy atom. The number of hydrogen-bond acceptors (Lipinski definition) is 4. The molecule has 3 N–H and O–H groups in total. The number of nitrogens with one attached hydrogen (secondary N) is 2. The van der Waals surface area contributed by atoms with E-state index in [0.29, 0.717) is 6.04 Å². The minimum atomic E-state index is -1.58. The number of hydrogen-bond donors (Lipinski definition) is 3. The summed E-state index contributed by atoms with van der Waals surface area (Å²) in [6.45, 7) is 1.84. The van der Waals surface area contributed by atoms with Gasteiger partial charge in [0.05, 0.1) is 11.3 Å². The predicted molar refractivity (Wildman–Crippen MR) is 97.0 cm³/mol. The lowest BCUT2D eigenvalue weighted by Gasteiger charge is -2.31. The van der Waals surface area contributed by atoms with Crippen molar-refractivity contribution in [1.29, 1.82) is 0 Å². The molecule has 140 valence electrons. The van der Waals surface area contributed by atoms with E-state index in [2.05, 4.69) is 15.5 Å². The standard InChI is InChI=1S/C19H25N3O4/c23-17(15-8-4-5-9-16(15)21-18(24)19(25)26)20-13-10-11-22(12-13)14-6-2-1-3-7-14/h4-5,8-9,13-14H,1-3,6-7,10-12H2,(H,20,23)(H,21,24)(H,25,26). The highest BCUT2D eigenvalue weighted by Crippen LogP contribution is 2.26. The third-order valence-electron chi connectivity index (χ3n) is 5.26. The summed E-state index contributed by atoms with van der Waals surface area (Å²) in [5, 5.41) is 14.0. The molecule has 1 aliphatic carbocycles. The molecule has 0 bridgehead atoms. The molecule has 1 saturated heterocycles. The minimum absolute atomic E-state index is 0.0765. The number of nitrogens with zero attached hydrogens (tertiary/aromatic N) is 1. The van der Waals surface area contributed by atoms with Crippen molar-refractivity contribution in [3.05, 3.63) is 29.8 Å². The maximum atomic E-state index is 12.6. The number of likely N-dealkylation sites (tertiary alicyclic amines) is 1. The smallest absolute Gasteiger partial charge is 0.394 e. The Labute approximate surface area is 152 Å². The minimum Gasteiger partial charge on any atom is -0.474 e. The first-order valence-corrected chi connectivity index (χ1v) is 9.23. The molecule has 1 atom stereocenters. The largest absolute Gasteiger partial charge is 0.474 e. The fraction of sp³-hybridized carbons (Fsp3) is 0.526. The van der Waals surface area contributed by atoms with E-state index in [1.807, 2.05) is 0 Å². The van der Waals surface area contributed by atoms with Gasteiger partial charge in [0, 0.05) is 25.2 Å². The molecule has 1 aliphatic heterocycles. The van der Waals surface area contributed by atoms with Gasteiger partial charge in [-0.15, -0.1) is 0 Å². The second-order valence-electron chi connectivity index (χ2n) is 7.05.